The monoisotopic (exact) mass is 558 g/mol. The highest BCUT2D eigenvalue weighted by atomic mass is 19.1. The number of fused-ring (bicyclic) bond motifs is 2. The minimum Gasteiger partial charge on any atom is -0.489 e. The molecule has 9 nitrogen and oxygen atoms in total. The van der Waals surface area contributed by atoms with Crippen LogP contribution in [0.15, 0.2) is 42.6 Å². The lowest BCUT2D eigenvalue weighted by Gasteiger charge is -2.32. The highest BCUT2D eigenvalue weighted by Crippen LogP contribution is 2.40. The van der Waals surface area contributed by atoms with Gasteiger partial charge in [-0.1, -0.05) is 12.1 Å². The van der Waals surface area contributed by atoms with Crippen molar-refractivity contribution >= 4 is 28.2 Å². The van der Waals surface area contributed by atoms with Crippen LogP contribution in [0.25, 0.3) is 27.8 Å². The van der Waals surface area contributed by atoms with E-state index >= 15 is 0 Å². The summed E-state index contributed by atoms with van der Waals surface area (Å²) in [7, 11) is 0. The van der Waals surface area contributed by atoms with Crippen molar-refractivity contribution in [2.75, 3.05) is 19.7 Å². The number of nitrogens with zero attached hydrogens (tertiary/aromatic N) is 4. The average molecular weight is 559 g/mol. The van der Waals surface area contributed by atoms with Crippen molar-refractivity contribution in [1.82, 2.24) is 24.4 Å². The molecule has 1 saturated carbocycles. The smallest absolute Gasteiger partial charge is 0.255 e. The molecule has 0 spiro atoms. The second kappa shape index (κ2) is 10.2. The first-order valence-electron chi connectivity index (χ1n) is 14.6. The Morgan fingerprint density at radius 2 is 2.05 bits per heavy atom. The van der Waals surface area contributed by atoms with Crippen LogP contribution in [0.2, 0.25) is 0 Å². The summed E-state index contributed by atoms with van der Waals surface area (Å²) in [6.45, 7) is 3.77. The van der Waals surface area contributed by atoms with Crippen molar-refractivity contribution in [2.45, 2.75) is 63.8 Å². The Bertz CT molecular complexity index is 1650. The van der Waals surface area contributed by atoms with E-state index in [0.29, 0.717) is 31.1 Å². The van der Waals surface area contributed by atoms with Gasteiger partial charge in [-0.2, -0.15) is 5.10 Å². The van der Waals surface area contributed by atoms with Gasteiger partial charge in [0.2, 0.25) is 5.91 Å². The Balaban J connectivity index is 1.25. The standard InChI is InChI=1S/C31H35FN6O3/c1-18-25-9-7-21(31(40)36-15-22(32)12-23(33)16-36)14-38(25)35-29(18)26-11-20-3-2-4-27(30(20)37(26)13-19-5-6-19)41-17-24-8-10-28(39)34-24/h2-4,7,9,11,14,19,22-24H,5-6,8,10,12-13,15-17,33H2,1H3,(H,34,39)/t22-,23-,24?/m1/s1. The molecule has 3 N–H and O–H groups in total. The average Bonchev–Trinajstić information content (AvgIpc) is 3.42. The number of aromatic nitrogens is 3. The number of nitrogens with one attached hydrogen (secondary N) is 1. The molecule has 7 rings (SSSR count). The largest absolute Gasteiger partial charge is 0.489 e. The minimum absolute atomic E-state index is 0.0260. The molecule has 0 bridgehead atoms. The number of alkyl halides is 1. The van der Waals surface area contributed by atoms with E-state index < -0.39 is 6.17 Å². The first-order valence-corrected chi connectivity index (χ1v) is 14.6. The number of piperidine rings is 1. The van der Waals surface area contributed by atoms with Crippen LogP contribution in [0.1, 0.15) is 48.0 Å². The molecule has 2 saturated heterocycles. The summed E-state index contributed by atoms with van der Waals surface area (Å²) < 4.78 is 24.5. The van der Waals surface area contributed by atoms with Crippen molar-refractivity contribution in [3.63, 3.8) is 0 Å². The Hall–Kier alpha value is -3.92. The van der Waals surface area contributed by atoms with Crippen molar-refractivity contribution in [3.8, 4) is 17.1 Å². The van der Waals surface area contributed by atoms with E-state index in [1.54, 1.807) is 16.8 Å². The van der Waals surface area contributed by atoms with Crippen molar-refractivity contribution in [2.24, 2.45) is 11.7 Å². The number of aryl methyl sites for hydroxylation is 1. The van der Waals surface area contributed by atoms with Crippen LogP contribution in [-0.4, -0.2) is 68.8 Å². The highest BCUT2D eigenvalue weighted by molar-refractivity contribution is 5.95. The number of carbonyl (C=O) groups is 2. The predicted molar refractivity (Wildman–Crippen MR) is 154 cm³/mol. The molecule has 1 aliphatic carbocycles. The maximum atomic E-state index is 14.1. The zero-order valence-electron chi connectivity index (χ0n) is 23.2. The third-order valence-corrected chi connectivity index (χ3v) is 8.63. The molecular formula is C31H35FN6O3. The predicted octanol–water partition coefficient (Wildman–Crippen LogP) is 3.84. The summed E-state index contributed by atoms with van der Waals surface area (Å²) in [5, 5.41) is 9.03. The number of likely N-dealkylation sites (tertiary alicyclic amines) is 1. The van der Waals surface area contributed by atoms with Crippen molar-refractivity contribution < 1.29 is 18.7 Å². The number of hydrogen-bond acceptors (Lipinski definition) is 5. The second-order valence-electron chi connectivity index (χ2n) is 11.9. The van der Waals surface area contributed by atoms with Gasteiger partial charge in [0.15, 0.2) is 0 Å². The zero-order valence-corrected chi connectivity index (χ0v) is 23.2. The Labute approximate surface area is 237 Å². The number of halogens is 1. The molecule has 5 heterocycles. The van der Waals surface area contributed by atoms with Gasteiger partial charge in [-0.05, 0) is 62.8 Å². The van der Waals surface area contributed by atoms with E-state index in [0.717, 1.165) is 52.1 Å². The number of carbonyl (C=O) groups excluding carboxylic acids is 2. The van der Waals surface area contributed by atoms with E-state index in [4.69, 9.17) is 15.6 Å². The fourth-order valence-electron chi connectivity index (χ4n) is 6.31. The number of ether oxygens (including phenoxy) is 1. The van der Waals surface area contributed by atoms with Crippen LogP contribution in [0, 0.1) is 12.8 Å². The van der Waals surface area contributed by atoms with Crippen molar-refractivity contribution in [1.29, 1.82) is 0 Å². The number of pyridine rings is 1. The normalized spacial score (nSPS) is 23.0. The van der Waals surface area contributed by atoms with Crippen LogP contribution >= 0.6 is 0 Å². The lowest BCUT2D eigenvalue weighted by atomic mass is 10.0. The summed E-state index contributed by atoms with van der Waals surface area (Å²) in [6, 6.07) is 11.6. The maximum absolute atomic E-state index is 14.1. The van der Waals surface area contributed by atoms with Crippen LogP contribution in [0.5, 0.6) is 5.75 Å². The molecule has 10 heteroatoms. The summed E-state index contributed by atoms with van der Waals surface area (Å²) in [4.78, 5) is 26.4. The van der Waals surface area contributed by atoms with E-state index in [2.05, 4.69) is 28.9 Å². The first kappa shape index (κ1) is 26.0. The summed E-state index contributed by atoms with van der Waals surface area (Å²) in [5.74, 6) is 1.26. The molecule has 0 radical (unpaired) electrons. The van der Waals surface area contributed by atoms with E-state index in [9.17, 15) is 14.0 Å². The molecule has 3 atom stereocenters. The van der Waals surface area contributed by atoms with Gasteiger partial charge in [0.25, 0.3) is 5.91 Å². The van der Waals surface area contributed by atoms with Crippen LogP contribution in [-0.2, 0) is 11.3 Å². The van der Waals surface area contributed by atoms with Crippen molar-refractivity contribution in [3.05, 3.63) is 53.7 Å². The van der Waals surface area contributed by atoms with Gasteiger partial charge in [0, 0.05) is 42.7 Å². The zero-order chi connectivity index (χ0) is 28.2. The minimum atomic E-state index is -1.11. The van der Waals surface area contributed by atoms with Gasteiger partial charge >= 0.3 is 0 Å². The summed E-state index contributed by atoms with van der Waals surface area (Å²) in [6.07, 6.45) is 4.64. The van der Waals surface area contributed by atoms with Gasteiger partial charge in [-0.3, -0.25) is 9.59 Å². The van der Waals surface area contributed by atoms with Crippen LogP contribution in [0.3, 0.4) is 0 Å². The topological polar surface area (TPSA) is 107 Å². The molecule has 4 aromatic rings. The third kappa shape index (κ3) is 4.94. The van der Waals surface area contributed by atoms with Gasteiger partial charge in [-0.25, -0.2) is 8.91 Å². The van der Waals surface area contributed by atoms with Gasteiger partial charge < -0.3 is 25.3 Å². The molecule has 2 amide bonds. The fraction of sp³-hybridized carbons (Fsp3) is 0.452. The summed E-state index contributed by atoms with van der Waals surface area (Å²) in [5.41, 5.74) is 11.3. The molecule has 3 aromatic heterocycles. The molecule has 2 aliphatic heterocycles. The molecule has 214 valence electrons. The lowest BCUT2D eigenvalue weighted by molar-refractivity contribution is -0.119. The Morgan fingerprint density at radius 1 is 1.20 bits per heavy atom. The molecule has 3 aliphatic rings. The van der Waals surface area contributed by atoms with Crippen LogP contribution < -0.4 is 15.8 Å². The van der Waals surface area contributed by atoms with Gasteiger partial charge in [0.05, 0.1) is 34.9 Å². The Kier molecular flexibility index (Phi) is 6.45. The fourth-order valence-corrected chi connectivity index (χ4v) is 6.31. The lowest BCUT2D eigenvalue weighted by Crippen LogP contribution is -2.50. The molecule has 1 aromatic carbocycles. The van der Waals surface area contributed by atoms with Gasteiger partial charge in [0.1, 0.15) is 24.2 Å². The van der Waals surface area contributed by atoms with Gasteiger partial charge in [-0.15, -0.1) is 0 Å². The number of nitrogens with two attached hydrogens (primary N) is 1. The van der Waals surface area contributed by atoms with E-state index in [-0.39, 0.29) is 36.9 Å². The number of amides is 2. The number of para-hydroxylation sites is 1. The number of rotatable bonds is 7. The van der Waals surface area contributed by atoms with Crippen LogP contribution in [0.4, 0.5) is 4.39 Å². The Morgan fingerprint density at radius 3 is 2.80 bits per heavy atom. The van der Waals surface area contributed by atoms with E-state index in [1.165, 1.54) is 17.7 Å². The highest BCUT2D eigenvalue weighted by Gasteiger charge is 2.30. The maximum Gasteiger partial charge on any atom is 0.255 e. The molecule has 1 unspecified atom stereocenters. The summed E-state index contributed by atoms with van der Waals surface area (Å²) >= 11 is 0. The quantitative estimate of drug-likeness (QED) is 0.359. The first-order chi connectivity index (χ1) is 19.8. The van der Waals surface area contributed by atoms with E-state index in [1.807, 2.05) is 18.2 Å². The second-order valence-corrected chi connectivity index (χ2v) is 11.9. The molecule has 3 fully saturated rings. The molecular weight excluding hydrogens is 523 g/mol. The molecule has 41 heavy (non-hydrogen) atoms. The third-order valence-electron chi connectivity index (χ3n) is 8.63. The number of hydrogen-bond donors (Lipinski definition) is 2. The SMILES string of the molecule is Cc1c(-c2cc3cccc(OCC4CCC(=O)N4)c3n2CC2CC2)nn2cc(C(=O)N3C[C@H](N)C[C@@H](F)C3)ccc12. The number of benzene rings is 1.